The number of carbonyl (C=O) groups excluding carboxylic acids is 1. The molecule has 1 aromatic rings. The Morgan fingerprint density at radius 3 is 2.48 bits per heavy atom. The summed E-state index contributed by atoms with van der Waals surface area (Å²) in [5.41, 5.74) is 0.874. The maximum atomic E-state index is 12.3. The van der Waals surface area contributed by atoms with E-state index in [2.05, 4.69) is 11.4 Å². The van der Waals surface area contributed by atoms with E-state index in [-0.39, 0.29) is 17.9 Å². The lowest BCUT2D eigenvalue weighted by Gasteiger charge is -2.29. The number of benzene rings is 1. The molecule has 1 fully saturated rings. The van der Waals surface area contributed by atoms with Crippen molar-refractivity contribution < 1.29 is 9.90 Å². The van der Waals surface area contributed by atoms with E-state index in [4.69, 9.17) is 5.11 Å². The highest BCUT2D eigenvalue weighted by atomic mass is 16.3. The number of nitrogens with zero attached hydrogens (tertiary/aromatic N) is 1. The number of hydrogen-bond acceptors (Lipinski definition) is 3. The average Bonchev–Trinajstić information content (AvgIpc) is 3.29. The minimum atomic E-state index is -0.394. The monoisotopic (exact) mass is 286 g/mol. The largest absolute Gasteiger partial charge is 0.396 e. The summed E-state index contributed by atoms with van der Waals surface area (Å²) in [6.45, 7) is 3.97. The lowest BCUT2D eigenvalue weighted by atomic mass is 9.93. The fourth-order valence-corrected chi connectivity index (χ4v) is 2.45. The normalized spacial score (nSPS) is 18.4. The third-order valence-corrected chi connectivity index (χ3v) is 4.52. The van der Waals surface area contributed by atoms with E-state index < -0.39 is 5.54 Å². The van der Waals surface area contributed by atoms with Crippen LogP contribution in [0.5, 0.6) is 0 Å². The Hall–Kier alpha value is -1.86. The van der Waals surface area contributed by atoms with E-state index in [0.29, 0.717) is 12.0 Å². The van der Waals surface area contributed by atoms with Crippen molar-refractivity contribution in [2.24, 2.45) is 0 Å². The van der Waals surface area contributed by atoms with Crippen molar-refractivity contribution in [3.8, 4) is 6.07 Å². The first kappa shape index (κ1) is 15.5. The molecule has 0 aromatic heterocycles. The molecule has 21 heavy (non-hydrogen) atoms. The van der Waals surface area contributed by atoms with Gasteiger partial charge in [0.05, 0.1) is 11.5 Å². The van der Waals surface area contributed by atoms with Crippen LogP contribution >= 0.6 is 0 Å². The van der Waals surface area contributed by atoms with Crippen LogP contribution in [0.1, 0.15) is 55.5 Å². The maximum Gasteiger partial charge on any atom is 0.251 e. The zero-order chi connectivity index (χ0) is 15.5. The molecule has 0 spiro atoms. The van der Waals surface area contributed by atoms with Crippen molar-refractivity contribution in [3.63, 3.8) is 0 Å². The molecule has 112 valence electrons. The van der Waals surface area contributed by atoms with Gasteiger partial charge in [-0.15, -0.1) is 0 Å². The van der Waals surface area contributed by atoms with Crippen molar-refractivity contribution in [1.29, 1.82) is 5.26 Å². The molecule has 1 aromatic carbocycles. The molecule has 4 heteroatoms. The molecule has 4 nitrogen and oxygen atoms in total. The van der Waals surface area contributed by atoms with Crippen LogP contribution in [0.15, 0.2) is 24.3 Å². The van der Waals surface area contributed by atoms with Crippen LogP contribution in [-0.4, -0.2) is 23.2 Å². The topological polar surface area (TPSA) is 73.1 Å². The summed E-state index contributed by atoms with van der Waals surface area (Å²) in [4.78, 5) is 12.3. The Morgan fingerprint density at radius 2 is 2.05 bits per heavy atom. The highest BCUT2D eigenvalue weighted by molar-refractivity contribution is 5.94. The molecule has 0 radical (unpaired) electrons. The summed E-state index contributed by atoms with van der Waals surface area (Å²) in [6, 6.07) is 9.65. The summed E-state index contributed by atoms with van der Waals surface area (Å²) in [5.74, 6) is -0.138. The van der Waals surface area contributed by atoms with Crippen molar-refractivity contribution in [1.82, 2.24) is 5.32 Å². The molecule has 1 saturated carbocycles. The van der Waals surface area contributed by atoms with E-state index in [1.54, 1.807) is 12.1 Å². The number of rotatable bonds is 6. The van der Waals surface area contributed by atoms with Gasteiger partial charge in [0.25, 0.3) is 5.91 Å². The smallest absolute Gasteiger partial charge is 0.251 e. The minimum absolute atomic E-state index is 0.0498. The van der Waals surface area contributed by atoms with Crippen LogP contribution < -0.4 is 5.32 Å². The molecule has 1 aliphatic rings. The van der Waals surface area contributed by atoms with Gasteiger partial charge in [-0.3, -0.25) is 4.79 Å². The SMILES string of the molecule is CCC(C)(CCO)NC(=O)c1ccc(C2(C#N)CC2)cc1. The number of nitriles is 1. The quantitative estimate of drug-likeness (QED) is 0.844. The molecule has 0 heterocycles. The zero-order valence-corrected chi connectivity index (χ0v) is 12.6. The molecule has 0 aliphatic heterocycles. The van der Waals surface area contributed by atoms with E-state index in [9.17, 15) is 10.1 Å². The Morgan fingerprint density at radius 1 is 1.43 bits per heavy atom. The number of aliphatic hydroxyl groups excluding tert-OH is 1. The number of carbonyl (C=O) groups is 1. The van der Waals surface area contributed by atoms with Crippen molar-refractivity contribution in [2.75, 3.05) is 6.61 Å². The van der Waals surface area contributed by atoms with Gasteiger partial charge in [-0.1, -0.05) is 19.1 Å². The van der Waals surface area contributed by atoms with Crippen molar-refractivity contribution >= 4 is 5.91 Å². The molecular weight excluding hydrogens is 264 g/mol. The van der Waals surface area contributed by atoms with Gasteiger partial charge in [0.1, 0.15) is 0 Å². The predicted molar refractivity (Wildman–Crippen MR) is 80.8 cm³/mol. The molecule has 1 aliphatic carbocycles. The van der Waals surface area contributed by atoms with Gasteiger partial charge in [-0.25, -0.2) is 0 Å². The van der Waals surface area contributed by atoms with Gasteiger partial charge in [0.15, 0.2) is 0 Å². The molecule has 2 N–H and O–H groups in total. The Labute approximate surface area is 125 Å². The van der Waals surface area contributed by atoms with Crippen LogP contribution in [0.2, 0.25) is 0 Å². The van der Waals surface area contributed by atoms with E-state index in [0.717, 1.165) is 24.8 Å². The first-order valence-corrected chi connectivity index (χ1v) is 7.44. The third kappa shape index (κ3) is 3.25. The highest BCUT2D eigenvalue weighted by Crippen LogP contribution is 2.47. The maximum absolute atomic E-state index is 12.3. The summed E-state index contributed by atoms with van der Waals surface area (Å²) in [6.07, 6.45) is 3.10. The summed E-state index contributed by atoms with van der Waals surface area (Å²) in [5, 5.41) is 21.3. The molecular formula is C17H22N2O2. The van der Waals surface area contributed by atoms with Crippen LogP contribution in [0.25, 0.3) is 0 Å². The van der Waals surface area contributed by atoms with E-state index in [1.165, 1.54) is 0 Å². The Bertz CT molecular complexity index is 555. The highest BCUT2D eigenvalue weighted by Gasteiger charge is 2.44. The van der Waals surface area contributed by atoms with Crippen molar-refractivity contribution in [2.45, 2.75) is 50.5 Å². The van der Waals surface area contributed by atoms with Crippen molar-refractivity contribution in [3.05, 3.63) is 35.4 Å². The molecule has 1 atom stereocenters. The van der Waals surface area contributed by atoms with Gasteiger partial charge in [0.2, 0.25) is 0 Å². The van der Waals surface area contributed by atoms with Crippen LogP contribution in [0, 0.1) is 11.3 Å². The van der Waals surface area contributed by atoms with Gasteiger partial charge in [-0.2, -0.15) is 5.26 Å². The van der Waals surface area contributed by atoms with Gasteiger partial charge in [0, 0.05) is 17.7 Å². The van der Waals surface area contributed by atoms with E-state index >= 15 is 0 Å². The fourth-order valence-electron chi connectivity index (χ4n) is 2.45. The number of nitrogens with one attached hydrogen (secondary N) is 1. The Kier molecular flexibility index (Phi) is 4.34. The second-order valence-corrected chi connectivity index (χ2v) is 6.11. The molecule has 0 saturated heterocycles. The summed E-state index contributed by atoms with van der Waals surface area (Å²) in [7, 11) is 0. The second kappa shape index (κ2) is 5.87. The molecule has 0 bridgehead atoms. The average molecular weight is 286 g/mol. The van der Waals surface area contributed by atoms with Gasteiger partial charge >= 0.3 is 0 Å². The van der Waals surface area contributed by atoms with Crippen LogP contribution in [0.4, 0.5) is 0 Å². The predicted octanol–water partition coefficient (Wildman–Crippen LogP) is 2.52. The third-order valence-electron chi connectivity index (χ3n) is 4.52. The zero-order valence-electron chi connectivity index (χ0n) is 12.6. The first-order valence-electron chi connectivity index (χ1n) is 7.44. The molecule has 2 rings (SSSR count). The van der Waals surface area contributed by atoms with E-state index in [1.807, 2.05) is 26.0 Å². The second-order valence-electron chi connectivity index (χ2n) is 6.11. The molecule has 1 unspecified atom stereocenters. The van der Waals surface area contributed by atoms with Crippen LogP contribution in [-0.2, 0) is 5.41 Å². The van der Waals surface area contributed by atoms with Gasteiger partial charge < -0.3 is 10.4 Å². The number of amides is 1. The Balaban J connectivity index is 2.09. The lowest BCUT2D eigenvalue weighted by Crippen LogP contribution is -2.46. The minimum Gasteiger partial charge on any atom is -0.396 e. The standard InChI is InChI=1S/C17H22N2O2/c1-3-16(2,10-11-20)19-15(21)13-4-6-14(7-5-13)17(12-18)8-9-17/h4-7,20H,3,8-11H2,1-2H3,(H,19,21). The van der Waals surface area contributed by atoms with Gasteiger partial charge in [-0.05, 0) is 50.3 Å². The first-order chi connectivity index (χ1) is 9.98. The summed E-state index contributed by atoms with van der Waals surface area (Å²) >= 11 is 0. The number of aliphatic hydroxyl groups is 1. The van der Waals surface area contributed by atoms with Crippen LogP contribution in [0.3, 0.4) is 0 Å². The summed E-state index contributed by atoms with van der Waals surface area (Å²) < 4.78 is 0. The fraction of sp³-hybridized carbons (Fsp3) is 0.529. The molecule has 1 amide bonds. The number of hydrogen-bond donors (Lipinski definition) is 2. The lowest BCUT2D eigenvalue weighted by molar-refractivity contribution is 0.0886.